The fourth-order valence-corrected chi connectivity index (χ4v) is 6.55. The van der Waals surface area contributed by atoms with Crippen molar-refractivity contribution < 1.29 is 4.42 Å². The zero-order chi connectivity index (χ0) is 32.6. The molecular weight excluding hydrogens is 599 g/mol. The maximum atomic E-state index is 6.67. The van der Waals surface area contributed by atoms with Crippen LogP contribution in [-0.4, -0.2) is 15.0 Å². The summed E-state index contributed by atoms with van der Waals surface area (Å²) in [4.78, 5) is 15.0. The molecule has 4 nitrogen and oxygen atoms in total. The largest absolute Gasteiger partial charge is 0.455 e. The van der Waals surface area contributed by atoms with Gasteiger partial charge in [-0.3, -0.25) is 0 Å². The first-order valence-electron chi connectivity index (χ1n) is 16.4. The fraction of sp³-hybridized carbons (Fsp3) is 0. The van der Waals surface area contributed by atoms with E-state index < -0.39 is 0 Å². The van der Waals surface area contributed by atoms with Crippen LogP contribution in [0.25, 0.3) is 89.5 Å². The second-order valence-corrected chi connectivity index (χ2v) is 12.0. The molecule has 0 unspecified atom stereocenters. The van der Waals surface area contributed by atoms with Crippen molar-refractivity contribution in [3.05, 3.63) is 176 Å². The summed E-state index contributed by atoms with van der Waals surface area (Å²) in [5.41, 5.74) is 11.1. The maximum absolute atomic E-state index is 6.67. The molecule has 7 aromatic carbocycles. The van der Waals surface area contributed by atoms with Crippen LogP contribution < -0.4 is 0 Å². The van der Waals surface area contributed by atoms with Crippen molar-refractivity contribution in [2.75, 3.05) is 0 Å². The quantitative estimate of drug-likeness (QED) is 0.184. The summed E-state index contributed by atoms with van der Waals surface area (Å²) in [6.45, 7) is 0. The smallest absolute Gasteiger partial charge is 0.167 e. The van der Waals surface area contributed by atoms with Gasteiger partial charge in [0.05, 0.1) is 5.56 Å². The average molecular weight is 628 g/mol. The van der Waals surface area contributed by atoms with Crippen molar-refractivity contribution in [3.63, 3.8) is 0 Å². The lowest BCUT2D eigenvalue weighted by Gasteiger charge is -2.12. The van der Waals surface area contributed by atoms with Gasteiger partial charge in [-0.05, 0) is 57.6 Å². The number of aromatic nitrogens is 3. The summed E-state index contributed by atoms with van der Waals surface area (Å²) in [6.07, 6.45) is 0. The Hall–Kier alpha value is -6.65. The molecule has 0 amide bonds. The molecule has 9 aromatic rings. The Balaban J connectivity index is 1.22. The van der Waals surface area contributed by atoms with Gasteiger partial charge < -0.3 is 4.42 Å². The SMILES string of the molecule is c1ccc(-c2cccc(-c3cccc(-c4ccc(-c5nc(-c6ccccc6)nc(-c6ccccc6)n5)c5oc6ccccc6c45)c3)c2)cc1. The zero-order valence-corrected chi connectivity index (χ0v) is 26.5. The number of hydrogen-bond donors (Lipinski definition) is 0. The molecule has 0 radical (unpaired) electrons. The van der Waals surface area contributed by atoms with Gasteiger partial charge in [0.15, 0.2) is 17.5 Å². The molecule has 0 aliphatic rings. The van der Waals surface area contributed by atoms with Gasteiger partial charge in [-0.1, -0.05) is 152 Å². The molecule has 0 saturated carbocycles. The van der Waals surface area contributed by atoms with Crippen LogP contribution in [0.3, 0.4) is 0 Å². The highest BCUT2D eigenvalue weighted by Crippen LogP contribution is 2.42. The van der Waals surface area contributed by atoms with Crippen molar-refractivity contribution in [2.45, 2.75) is 0 Å². The van der Waals surface area contributed by atoms with E-state index in [0.29, 0.717) is 17.5 Å². The number of furan rings is 1. The number of hydrogen-bond acceptors (Lipinski definition) is 4. The Morgan fingerprint density at radius 1 is 0.327 bits per heavy atom. The zero-order valence-electron chi connectivity index (χ0n) is 26.5. The number of benzene rings is 7. The summed E-state index contributed by atoms with van der Waals surface area (Å²) in [6, 6.07) is 60.5. The van der Waals surface area contributed by atoms with E-state index in [1.165, 1.54) is 16.7 Å². The maximum Gasteiger partial charge on any atom is 0.167 e. The van der Waals surface area contributed by atoms with Crippen LogP contribution in [0, 0.1) is 0 Å². The lowest BCUT2D eigenvalue weighted by atomic mass is 9.93. The summed E-state index contributed by atoms with van der Waals surface area (Å²) < 4.78 is 6.67. The van der Waals surface area contributed by atoms with Gasteiger partial charge in [-0.2, -0.15) is 0 Å². The number of para-hydroxylation sites is 1. The molecule has 230 valence electrons. The second kappa shape index (κ2) is 12.2. The molecule has 0 spiro atoms. The molecule has 0 N–H and O–H groups in total. The molecule has 2 heterocycles. The van der Waals surface area contributed by atoms with E-state index in [4.69, 9.17) is 19.4 Å². The van der Waals surface area contributed by atoms with E-state index >= 15 is 0 Å². The third-order valence-electron chi connectivity index (χ3n) is 8.94. The van der Waals surface area contributed by atoms with Gasteiger partial charge in [0.1, 0.15) is 11.2 Å². The van der Waals surface area contributed by atoms with Gasteiger partial charge in [0.25, 0.3) is 0 Å². The number of fused-ring (bicyclic) bond motifs is 3. The molecule has 0 bridgehead atoms. The topological polar surface area (TPSA) is 51.8 Å². The monoisotopic (exact) mass is 627 g/mol. The fourth-order valence-electron chi connectivity index (χ4n) is 6.55. The molecule has 49 heavy (non-hydrogen) atoms. The molecule has 2 aromatic heterocycles. The Bertz CT molecular complexity index is 2540. The third-order valence-corrected chi connectivity index (χ3v) is 8.94. The standard InChI is InChI=1S/C45H29N3O/c1-4-14-30(15-5-1)33-20-12-21-34(28-33)35-22-13-23-36(29-35)37-26-27-39(42-41(37)38-24-10-11-25-40(38)49-42)45-47-43(31-16-6-2-7-17-31)46-44(48-45)32-18-8-3-9-19-32/h1-29H. The first-order chi connectivity index (χ1) is 24.3. The molecule has 9 rings (SSSR count). The van der Waals surface area contributed by atoms with Gasteiger partial charge in [-0.15, -0.1) is 0 Å². The number of rotatable bonds is 6. The summed E-state index contributed by atoms with van der Waals surface area (Å²) in [7, 11) is 0. The molecule has 4 heteroatoms. The highest BCUT2D eigenvalue weighted by molar-refractivity contribution is 6.16. The van der Waals surface area contributed by atoms with Crippen LogP contribution in [-0.2, 0) is 0 Å². The minimum Gasteiger partial charge on any atom is -0.455 e. The predicted octanol–water partition coefficient (Wildman–Crippen LogP) is 11.8. The summed E-state index contributed by atoms with van der Waals surface area (Å²) in [5.74, 6) is 1.79. The van der Waals surface area contributed by atoms with E-state index in [0.717, 1.165) is 55.3 Å². The second-order valence-electron chi connectivity index (χ2n) is 12.0. The van der Waals surface area contributed by atoms with E-state index in [1.807, 2.05) is 78.9 Å². The highest BCUT2D eigenvalue weighted by atomic mass is 16.3. The van der Waals surface area contributed by atoms with Crippen LogP contribution in [0.5, 0.6) is 0 Å². The van der Waals surface area contributed by atoms with Crippen molar-refractivity contribution >= 4 is 21.9 Å². The van der Waals surface area contributed by atoms with Crippen molar-refractivity contribution in [1.29, 1.82) is 0 Å². The van der Waals surface area contributed by atoms with Gasteiger partial charge >= 0.3 is 0 Å². The number of nitrogens with zero attached hydrogens (tertiary/aromatic N) is 3. The molecule has 0 aliphatic carbocycles. The minimum absolute atomic E-state index is 0.565. The van der Waals surface area contributed by atoms with E-state index in [1.54, 1.807) is 0 Å². The normalized spacial score (nSPS) is 11.3. The molecular formula is C45H29N3O. The summed E-state index contributed by atoms with van der Waals surface area (Å²) >= 11 is 0. The summed E-state index contributed by atoms with van der Waals surface area (Å²) in [5, 5.41) is 2.08. The average Bonchev–Trinajstić information content (AvgIpc) is 3.58. The van der Waals surface area contributed by atoms with Crippen molar-refractivity contribution in [3.8, 4) is 67.5 Å². The van der Waals surface area contributed by atoms with Gasteiger partial charge in [0.2, 0.25) is 0 Å². The molecule has 0 aliphatic heterocycles. The van der Waals surface area contributed by atoms with Crippen molar-refractivity contribution in [2.24, 2.45) is 0 Å². The molecule has 0 saturated heterocycles. The Morgan fingerprint density at radius 2 is 0.776 bits per heavy atom. The first-order valence-corrected chi connectivity index (χ1v) is 16.4. The van der Waals surface area contributed by atoms with Crippen LogP contribution in [0.1, 0.15) is 0 Å². The van der Waals surface area contributed by atoms with E-state index in [-0.39, 0.29) is 0 Å². The lowest BCUT2D eigenvalue weighted by molar-refractivity contribution is 0.669. The van der Waals surface area contributed by atoms with E-state index in [2.05, 4.69) is 97.1 Å². The first kappa shape index (κ1) is 28.6. The van der Waals surface area contributed by atoms with E-state index in [9.17, 15) is 0 Å². The minimum atomic E-state index is 0.565. The lowest BCUT2D eigenvalue weighted by Crippen LogP contribution is -2.00. The predicted molar refractivity (Wildman–Crippen MR) is 200 cm³/mol. The Labute approximate surface area is 284 Å². The highest BCUT2D eigenvalue weighted by Gasteiger charge is 2.21. The van der Waals surface area contributed by atoms with Crippen LogP contribution in [0.4, 0.5) is 0 Å². The molecule has 0 fully saturated rings. The van der Waals surface area contributed by atoms with Crippen LogP contribution in [0.15, 0.2) is 180 Å². The Morgan fingerprint density at radius 3 is 1.41 bits per heavy atom. The van der Waals surface area contributed by atoms with Crippen molar-refractivity contribution in [1.82, 2.24) is 15.0 Å². The van der Waals surface area contributed by atoms with Gasteiger partial charge in [0, 0.05) is 21.9 Å². The van der Waals surface area contributed by atoms with Crippen LogP contribution in [0.2, 0.25) is 0 Å². The van der Waals surface area contributed by atoms with Gasteiger partial charge in [-0.25, -0.2) is 15.0 Å². The molecule has 0 atom stereocenters. The Kier molecular flexibility index (Phi) is 7.10. The third kappa shape index (κ3) is 5.35. The van der Waals surface area contributed by atoms with Crippen LogP contribution >= 0.6 is 0 Å².